The number of aliphatic carboxylic acids is 1. The smallest absolute Gasteiger partial charge is 0.407 e. The van der Waals surface area contributed by atoms with Gasteiger partial charge in [0.2, 0.25) is 0 Å². The second-order valence-electron chi connectivity index (χ2n) is 6.49. The molecule has 8 heteroatoms. The molecule has 0 bridgehead atoms. The third kappa shape index (κ3) is 7.26. The van der Waals surface area contributed by atoms with Crippen molar-refractivity contribution in [3.8, 4) is 0 Å². The molecule has 0 spiro atoms. The predicted octanol–water partition coefficient (Wildman–Crippen LogP) is 0.242. The first-order valence-electron chi connectivity index (χ1n) is 7.25. The van der Waals surface area contributed by atoms with E-state index in [2.05, 4.69) is 10.6 Å². The Hall–Kier alpha value is -1.83. The zero-order chi connectivity index (χ0) is 16.9. The molecule has 2 unspecified atom stereocenters. The minimum atomic E-state index is -1.52. The van der Waals surface area contributed by atoms with Crippen molar-refractivity contribution in [3.63, 3.8) is 0 Å². The maximum absolute atomic E-state index is 11.8. The van der Waals surface area contributed by atoms with Gasteiger partial charge in [-0.25, -0.2) is 4.79 Å². The quantitative estimate of drug-likeness (QED) is 0.533. The van der Waals surface area contributed by atoms with E-state index in [0.29, 0.717) is 12.3 Å². The van der Waals surface area contributed by atoms with Crippen molar-refractivity contribution in [1.82, 2.24) is 10.6 Å². The molecule has 1 aliphatic rings. The van der Waals surface area contributed by atoms with Gasteiger partial charge in [0.25, 0.3) is 5.91 Å². The average Bonchev–Trinajstić information content (AvgIpc) is 3.15. The molecule has 0 aliphatic heterocycles. The van der Waals surface area contributed by atoms with Gasteiger partial charge in [0.1, 0.15) is 12.1 Å². The van der Waals surface area contributed by atoms with Crippen LogP contribution in [0.25, 0.3) is 0 Å². The number of ether oxygens (including phenoxy) is 1. The number of carbonyl (C=O) groups is 3. The number of carbonyl (C=O) groups excluding carboxylic acids is 2. The summed E-state index contributed by atoms with van der Waals surface area (Å²) in [6, 6.07) is -0.809. The Kier molecular flexibility index (Phi) is 6.16. The molecule has 4 N–H and O–H groups in total. The molecule has 126 valence electrons. The van der Waals surface area contributed by atoms with Gasteiger partial charge < -0.3 is 25.6 Å². The molecule has 0 saturated heterocycles. The molecule has 1 fully saturated rings. The Morgan fingerprint density at radius 3 is 2.32 bits per heavy atom. The zero-order valence-electron chi connectivity index (χ0n) is 13.1. The van der Waals surface area contributed by atoms with Crippen molar-refractivity contribution in [1.29, 1.82) is 0 Å². The number of aliphatic hydroxyl groups is 1. The molecule has 1 saturated carbocycles. The minimum absolute atomic E-state index is 0.349. The largest absolute Gasteiger partial charge is 0.480 e. The van der Waals surface area contributed by atoms with Crippen LogP contribution in [0.2, 0.25) is 0 Å². The molecule has 1 aliphatic carbocycles. The number of rotatable bonds is 7. The Balaban J connectivity index is 2.60. The van der Waals surface area contributed by atoms with Crippen molar-refractivity contribution in [2.45, 2.75) is 57.8 Å². The van der Waals surface area contributed by atoms with E-state index in [1.807, 2.05) is 0 Å². The van der Waals surface area contributed by atoms with Crippen molar-refractivity contribution in [2.75, 3.05) is 6.54 Å². The first kappa shape index (κ1) is 18.2. The first-order chi connectivity index (χ1) is 10.1. The predicted molar refractivity (Wildman–Crippen MR) is 77.2 cm³/mol. The lowest BCUT2D eigenvalue weighted by molar-refractivity contribution is -0.140. The van der Waals surface area contributed by atoms with Crippen LogP contribution in [0.3, 0.4) is 0 Å². The lowest BCUT2D eigenvalue weighted by Gasteiger charge is -2.26. The Labute approximate surface area is 129 Å². The van der Waals surface area contributed by atoms with E-state index in [-0.39, 0.29) is 0 Å². The van der Waals surface area contributed by atoms with Gasteiger partial charge >= 0.3 is 12.1 Å². The summed E-state index contributed by atoms with van der Waals surface area (Å²) in [5.41, 5.74) is -0.690. The molecule has 0 radical (unpaired) electrons. The van der Waals surface area contributed by atoms with Crippen LogP contribution in [-0.2, 0) is 14.3 Å². The van der Waals surface area contributed by atoms with E-state index >= 15 is 0 Å². The summed E-state index contributed by atoms with van der Waals surface area (Å²) in [5.74, 6) is -1.69. The molecule has 0 aromatic heterocycles. The van der Waals surface area contributed by atoms with Gasteiger partial charge in [-0.2, -0.15) is 0 Å². The first-order valence-corrected chi connectivity index (χ1v) is 7.25. The lowest BCUT2D eigenvalue weighted by atomic mass is 10.0. The molecule has 0 aromatic carbocycles. The molecule has 1 rings (SSSR count). The number of carboxylic acid groups (broad SMARTS) is 1. The number of aliphatic hydroxyl groups excluding tert-OH is 1. The number of nitrogens with one attached hydrogen (secondary N) is 2. The number of hydrogen-bond acceptors (Lipinski definition) is 5. The minimum Gasteiger partial charge on any atom is -0.480 e. The van der Waals surface area contributed by atoms with Gasteiger partial charge in [0.15, 0.2) is 6.10 Å². The molecule has 22 heavy (non-hydrogen) atoms. The maximum atomic E-state index is 11.8. The van der Waals surface area contributed by atoms with Crippen molar-refractivity contribution < 1.29 is 29.3 Å². The van der Waals surface area contributed by atoms with E-state index in [4.69, 9.17) is 9.84 Å². The Bertz CT molecular complexity index is 428. The van der Waals surface area contributed by atoms with Crippen molar-refractivity contribution in [2.24, 2.45) is 5.92 Å². The van der Waals surface area contributed by atoms with Crippen LogP contribution in [0.4, 0.5) is 4.79 Å². The standard InChI is InChI=1S/C14H24N2O6/c1-14(2,3)22-13(21)16-9(6-8-4-5-8)11(19)12(20)15-7-10(17)18/h8-9,11,19H,4-7H2,1-3H3,(H,15,20)(H,16,21)(H,17,18). The highest BCUT2D eigenvalue weighted by atomic mass is 16.6. The molecule has 2 amide bonds. The number of carboxylic acids is 1. The highest BCUT2D eigenvalue weighted by Crippen LogP contribution is 2.34. The lowest BCUT2D eigenvalue weighted by Crippen LogP contribution is -2.52. The van der Waals surface area contributed by atoms with E-state index in [1.165, 1.54) is 0 Å². The summed E-state index contributed by atoms with van der Waals surface area (Å²) in [5, 5.41) is 23.2. The monoisotopic (exact) mass is 316 g/mol. The fourth-order valence-electron chi connectivity index (χ4n) is 1.89. The van der Waals surface area contributed by atoms with E-state index in [9.17, 15) is 19.5 Å². The van der Waals surface area contributed by atoms with Gasteiger partial charge in [0, 0.05) is 0 Å². The molecule has 0 heterocycles. The molecular formula is C14H24N2O6. The number of hydrogen-bond donors (Lipinski definition) is 4. The second kappa shape index (κ2) is 7.44. The topological polar surface area (TPSA) is 125 Å². The third-order valence-electron chi connectivity index (χ3n) is 3.05. The van der Waals surface area contributed by atoms with Gasteiger partial charge in [-0.3, -0.25) is 9.59 Å². The van der Waals surface area contributed by atoms with Crippen molar-refractivity contribution in [3.05, 3.63) is 0 Å². The van der Waals surface area contributed by atoms with Crippen LogP contribution in [0.5, 0.6) is 0 Å². The van der Waals surface area contributed by atoms with E-state index in [1.54, 1.807) is 20.8 Å². The number of amides is 2. The van der Waals surface area contributed by atoms with Crippen LogP contribution < -0.4 is 10.6 Å². The maximum Gasteiger partial charge on any atom is 0.407 e. The molecule has 0 aromatic rings. The van der Waals surface area contributed by atoms with Crippen LogP contribution >= 0.6 is 0 Å². The van der Waals surface area contributed by atoms with E-state index in [0.717, 1.165) is 12.8 Å². The highest BCUT2D eigenvalue weighted by molar-refractivity contribution is 5.85. The number of alkyl carbamates (subject to hydrolysis) is 1. The van der Waals surface area contributed by atoms with Crippen LogP contribution in [0, 0.1) is 5.92 Å². The highest BCUT2D eigenvalue weighted by Gasteiger charge is 2.34. The van der Waals surface area contributed by atoms with Crippen molar-refractivity contribution >= 4 is 18.0 Å². The van der Waals surface area contributed by atoms with Gasteiger partial charge in [-0.05, 0) is 33.1 Å². The normalized spacial score (nSPS) is 17.3. The summed E-state index contributed by atoms with van der Waals surface area (Å²) < 4.78 is 5.11. The summed E-state index contributed by atoms with van der Waals surface area (Å²) in [7, 11) is 0. The Morgan fingerprint density at radius 2 is 1.86 bits per heavy atom. The molecule has 2 atom stereocenters. The fourth-order valence-corrected chi connectivity index (χ4v) is 1.89. The van der Waals surface area contributed by atoms with Crippen LogP contribution in [0.1, 0.15) is 40.0 Å². The summed E-state index contributed by atoms with van der Waals surface area (Å²) in [6.45, 7) is 4.54. The van der Waals surface area contributed by atoms with Gasteiger partial charge in [0.05, 0.1) is 6.04 Å². The van der Waals surface area contributed by atoms with Crippen LogP contribution in [-0.4, -0.2) is 52.5 Å². The second-order valence-corrected chi connectivity index (χ2v) is 6.49. The van der Waals surface area contributed by atoms with E-state index < -0.39 is 42.3 Å². The SMILES string of the molecule is CC(C)(C)OC(=O)NC(CC1CC1)C(O)C(=O)NCC(=O)O. The van der Waals surface area contributed by atoms with Gasteiger partial charge in [-0.15, -0.1) is 0 Å². The average molecular weight is 316 g/mol. The zero-order valence-corrected chi connectivity index (χ0v) is 13.1. The molecule has 8 nitrogen and oxygen atoms in total. The third-order valence-corrected chi connectivity index (χ3v) is 3.05. The Morgan fingerprint density at radius 1 is 1.27 bits per heavy atom. The molecular weight excluding hydrogens is 292 g/mol. The van der Waals surface area contributed by atoms with Gasteiger partial charge in [-0.1, -0.05) is 12.8 Å². The summed E-state index contributed by atoms with van der Waals surface area (Å²) >= 11 is 0. The fraction of sp³-hybridized carbons (Fsp3) is 0.786. The van der Waals surface area contributed by atoms with Crippen LogP contribution in [0.15, 0.2) is 0 Å². The summed E-state index contributed by atoms with van der Waals surface area (Å²) in [6.07, 6.45) is 0.169. The summed E-state index contributed by atoms with van der Waals surface area (Å²) in [4.78, 5) is 34.0.